The lowest BCUT2D eigenvalue weighted by molar-refractivity contribution is -0.141. The molecule has 1 aliphatic carbocycles. The maximum absolute atomic E-state index is 11.9. The monoisotopic (exact) mass is 227 g/mol. The number of carboxylic acids is 1. The Bertz CT molecular complexity index is 315. The van der Waals surface area contributed by atoms with Gasteiger partial charge >= 0.3 is 5.97 Å². The summed E-state index contributed by atoms with van der Waals surface area (Å²) in [5, 5.41) is 18.2. The second kappa shape index (κ2) is 4.05. The number of nitrogens with zero attached hydrogens (tertiary/aromatic N) is 1. The Balaban J connectivity index is 1.87. The smallest absolute Gasteiger partial charge is 0.307 e. The third-order valence-corrected chi connectivity index (χ3v) is 3.64. The fourth-order valence-corrected chi connectivity index (χ4v) is 2.36. The molecule has 1 saturated carbocycles. The first kappa shape index (κ1) is 11.4. The lowest BCUT2D eigenvalue weighted by Gasteiger charge is -2.17. The first-order chi connectivity index (χ1) is 7.50. The molecule has 2 N–H and O–H groups in total. The molecule has 0 aromatic rings. The van der Waals surface area contributed by atoms with E-state index < -0.39 is 18.0 Å². The Morgan fingerprint density at radius 3 is 2.50 bits per heavy atom. The van der Waals surface area contributed by atoms with Crippen LogP contribution in [-0.2, 0) is 9.59 Å². The number of carbonyl (C=O) groups is 2. The summed E-state index contributed by atoms with van der Waals surface area (Å²) < 4.78 is 0. The zero-order valence-corrected chi connectivity index (χ0v) is 9.30. The van der Waals surface area contributed by atoms with E-state index in [0.717, 1.165) is 6.42 Å². The predicted octanol–water partition coefficient (Wildman–Crippen LogP) is -0.0636. The molecule has 2 rings (SSSR count). The van der Waals surface area contributed by atoms with Crippen molar-refractivity contribution in [2.24, 2.45) is 17.8 Å². The standard InChI is InChI=1S/C11H17NO4/c1-6(13)7-2-3-12(5-7)10(14)8-4-9(8)11(15)16/h6-9,13H,2-5H2,1H3,(H,15,16). The van der Waals surface area contributed by atoms with E-state index in [4.69, 9.17) is 5.11 Å². The van der Waals surface area contributed by atoms with Crippen LogP contribution in [0.4, 0.5) is 0 Å². The predicted molar refractivity (Wildman–Crippen MR) is 55.6 cm³/mol. The summed E-state index contributed by atoms with van der Waals surface area (Å²) in [5.74, 6) is -1.56. The summed E-state index contributed by atoms with van der Waals surface area (Å²) in [6, 6.07) is 0. The Morgan fingerprint density at radius 2 is 2.06 bits per heavy atom. The molecule has 0 spiro atoms. The quantitative estimate of drug-likeness (QED) is 0.708. The first-order valence-corrected chi connectivity index (χ1v) is 5.70. The molecule has 4 unspecified atom stereocenters. The van der Waals surface area contributed by atoms with Gasteiger partial charge in [-0.2, -0.15) is 0 Å². The Kier molecular flexibility index (Phi) is 2.88. The van der Waals surface area contributed by atoms with Gasteiger partial charge in [0.05, 0.1) is 17.9 Å². The van der Waals surface area contributed by atoms with Gasteiger partial charge in [-0.3, -0.25) is 9.59 Å². The van der Waals surface area contributed by atoms with E-state index in [1.165, 1.54) is 0 Å². The molecule has 16 heavy (non-hydrogen) atoms. The fraction of sp³-hybridized carbons (Fsp3) is 0.818. The maximum atomic E-state index is 11.9. The normalized spacial score (nSPS) is 34.9. The van der Waals surface area contributed by atoms with Gasteiger partial charge in [0.2, 0.25) is 5.91 Å². The van der Waals surface area contributed by atoms with Gasteiger partial charge in [-0.05, 0) is 19.8 Å². The van der Waals surface area contributed by atoms with Gasteiger partial charge in [-0.25, -0.2) is 0 Å². The third-order valence-electron chi connectivity index (χ3n) is 3.64. The second-order valence-corrected chi connectivity index (χ2v) is 4.86. The Hall–Kier alpha value is -1.10. The highest BCUT2D eigenvalue weighted by Gasteiger charge is 2.50. The highest BCUT2D eigenvalue weighted by atomic mass is 16.4. The van der Waals surface area contributed by atoms with Crippen molar-refractivity contribution in [1.82, 2.24) is 4.90 Å². The molecular weight excluding hydrogens is 210 g/mol. The molecule has 2 aliphatic rings. The molecule has 0 bridgehead atoms. The summed E-state index contributed by atoms with van der Waals surface area (Å²) in [7, 11) is 0. The van der Waals surface area contributed by atoms with Gasteiger partial charge in [0.1, 0.15) is 0 Å². The highest BCUT2D eigenvalue weighted by molar-refractivity contribution is 5.89. The van der Waals surface area contributed by atoms with Crippen LogP contribution in [0.3, 0.4) is 0 Å². The molecule has 0 aromatic heterocycles. The van der Waals surface area contributed by atoms with Crippen molar-refractivity contribution < 1.29 is 19.8 Å². The largest absolute Gasteiger partial charge is 0.481 e. The molecule has 5 heteroatoms. The SMILES string of the molecule is CC(O)C1CCN(C(=O)C2CC2C(=O)O)C1. The Labute approximate surface area is 94.0 Å². The van der Waals surface area contributed by atoms with Gasteiger partial charge in [0, 0.05) is 19.0 Å². The lowest BCUT2D eigenvalue weighted by Crippen LogP contribution is -2.32. The van der Waals surface area contributed by atoms with Crippen LogP contribution >= 0.6 is 0 Å². The number of carboxylic acid groups (broad SMARTS) is 1. The van der Waals surface area contributed by atoms with Crippen LogP contribution in [0.5, 0.6) is 0 Å². The number of hydrogen-bond donors (Lipinski definition) is 2. The van der Waals surface area contributed by atoms with Gasteiger partial charge in [0.15, 0.2) is 0 Å². The summed E-state index contributed by atoms with van der Waals surface area (Å²) in [5.41, 5.74) is 0. The third kappa shape index (κ3) is 2.04. The van der Waals surface area contributed by atoms with Crippen molar-refractivity contribution in [3.05, 3.63) is 0 Å². The van der Waals surface area contributed by atoms with E-state index >= 15 is 0 Å². The van der Waals surface area contributed by atoms with Crippen LogP contribution in [0.2, 0.25) is 0 Å². The van der Waals surface area contributed by atoms with Crippen molar-refractivity contribution in [3.63, 3.8) is 0 Å². The van der Waals surface area contributed by atoms with Gasteiger partial charge in [0.25, 0.3) is 0 Å². The molecule has 1 saturated heterocycles. The van der Waals surface area contributed by atoms with Crippen LogP contribution in [0.15, 0.2) is 0 Å². The van der Waals surface area contributed by atoms with Gasteiger partial charge in [-0.1, -0.05) is 0 Å². The molecule has 90 valence electrons. The van der Waals surface area contributed by atoms with E-state index in [0.29, 0.717) is 19.5 Å². The minimum absolute atomic E-state index is 0.0458. The minimum Gasteiger partial charge on any atom is -0.481 e. The van der Waals surface area contributed by atoms with Gasteiger partial charge < -0.3 is 15.1 Å². The molecular formula is C11H17NO4. The zero-order chi connectivity index (χ0) is 11.9. The average Bonchev–Trinajstić information content (AvgIpc) is 2.86. The van der Waals surface area contributed by atoms with Crippen LogP contribution in [0.1, 0.15) is 19.8 Å². The number of likely N-dealkylation sites (tertiary alicyclic amines) is 1. The lowest BCUT2D eigenvalue weighted by atomic mass is 10.0. The van der Waals surface area contributed by atoms with Crippen molar-refractivity contribution in [2.45, 2.75) is 25.9 Å². The average molecular weight is 227 g/mol. The van der Waals surface area contributed by atoms with Crippen molar-refractivity contribution in [1.29, 1.82) is 0 Å². The highest BCUT2D eigenvalue weighted by Crippen LogP contribution is 2.41. The van der Waals surface area contributed by atoms with Crippen molar-refractivity contribution >= 4 is 11.9 Å². The summed E-state index contributed by atoms with van der Waals surface area (Å²) in [6.07, 6.45) is 0.894. The van der Waals surface area contributed by atoms with Gasteiger partial charge in [-0.15, -0.1) is 0 Å². The number of aliphatic hydroxyl groups is 1. The van der Waals surface area contributed by atoms with E-state index in [9.17, 15) is 14.7 Å². The number of amides is 1. The second-order valence-electron chi connectivity index (χ2n) is 4.86. The number of aliphatic hydroxyl groups excluding tert-OH is 1. The summed E-state index contributed by atoms with van der Waals surface area (Å²) in [4.78, 5) is 24.2. The molecule has 4 atom stereocenters. The van der Waals surface area contributed by atoms with Crippen LogP contribution in [-0.4, -0.2) is 46.2 Å². The van der Waals surface area contributed by atoms with Crippen LogP contribution in [0, 0.1) is 17.8 Å². The van der Waals surface area contributed by atoms with Crippen molar-refractivity contribution in [3.8, 4) is 0 Å². The molecule has 0 aromatic carbocycles. The molecule has 1 heterocycles. The number of carbonyl (C=O) groups excluding carboxylic acids is 1. The summed E-state index contributed by atoms with van der Waals surface area (Å²) in [6.45, 7) is 2.95. The number of rotatable bonds is 3. The van der Waals surface area contributed by atoms with Crippen LogP contribution < -0.4 is 0 Å². The van der Waals surface area contributed by atoms with Crippen LogP contribution in [0.25, 0.3) is 0 Å². The van der Waals surface area contributed by atoms with E-state index in [2.05, 4.69) is 0 Å². The van der Waals surface area contributed by atoms with Crippen molar-refractivity contribution in [2.75, 3.05) is 13.1 Å². The van der Waals surface area contributed by atoms with E-state index in [-0.39, 0.29) is 17.7 Å². The number of aliphatic carboxylic acids is 1. The molecule has 5 nitrogen and oxygen atoms in total. The Morgan fingerprint density at radius 1 is 1.38 bits per heavy atom. The molecule has 1 aliphatic heterocycles. The minimum atomic E-state index is -0.871. The molecule has 1 amide bonds. The fourth-order valence-electron chi connectivity index (χ4n) is 2.36. The number of hydrogen-bond acceptors (Lipinski definition) is 3. The van der Waals surface area contributed by atoms with E-state index in [1.54, 1.807) is 11.8 Å². The maximum Gasteiger partial charge on any atom is 0.307 e. The molecule has 2 fully saturated rings. The summed E-state index contributed by atoms with van der Waals surface area (Å²) >= 11 is 0. The first-order valence-electron chi connectivity index (χ1n) is 5.70. The van der Waals surface area contributed by atoms with E-state index in [1.807, 2.05) is 0 Å². The zero-order valence-electron chi connectivity index (χ0n) is 9.30. The molecule has 0 radical (unpaired) electrons. The topological polar surface area (TPSA) is 77.8 Å².